The molecule has 1 aromatic heterocycles. The summed E-state index contributed by atoms with van der Waals surface area (Å²) in [6.07, 6.45) is 5.48. The zero-order valence-corrected chi connectivity index (χ0v) is 11.1. The summed E-state index contributed by atoms with van der Waals surface area (Å²) in [4.78, 5) is 4.49. The highest BCUT2D eigenvalue weighted by atomic mass is 16.6. The molecule has 0 radical (unpaired) electrons. The number of rotatable bonds is 2. The van der Waals surface area contributed by atoms with E-state index in [-0.39, 0.29) is 18.1 Å². The quantitative estimate of drug-likeness (QED) is 0.818. The highest BCUT2D eigenvalue weighted by molar-refractivity contribution is 5.01. The zero-order valence-electron chi connectivity index (χ0n) is 11.1. The van der Waals surface area contributed by atoms with Gasteiger partial charge in [0.1, 0.15) is 6.10 Å². The van der Waals surface area contributed by atoms with Gasteiger partial charge >= 0.3 is 0 Å². The molecular formula is C13H21N3O3. The minimum Gasteiger partial charge on any atom is -0.376 e. The van der Waals surface area contributed by atoms with Gasteiger partial charge in [-0.15, -0.1) is 0 Å². The number of hydrogen-bond donors (Lipinski definition) is 1. The van der Waals surface area contributed by atoms with Gasteiger partial charge in [0, 0.05) is 6.04 Å². The maximum absolute atomic E-state index is 6.22. The van der Waals surface area contributed by atoms with Gasteiger partial charge in [-0.05, 0) is 12.8 Å². The molecule has 0 bridgehead atoms. The summed E-state index contributed by atoms with van der Waals surface area (Å²) in [7, 11) is 0. The Kier molecular flexibility index (Phi) is 4.10. The zero-order chi connectivity index (χ0) is 13.1. The molecule has 2 heterocycles. The Bertz CT molecular complexity index is 404. The van der Waals surface area contributed by atoms with Gasteiger partial charge in [0.15, 0.2) is 0 Å². The second-order valence-electron chi connectivity index (χ2n) is 5.33. The van der Waals surface area contributed by atoms with Crippen LogP contribution in [0.5, 0.6) is 0 Å². The molecule has 6 nitrogen and oxygen atoms in total. The summed E-state index contributed by atoms with van der Waals surface area (Å²) < 4.78 is 16.3. The van der Waals surface area contributed by atoms with Crippen molar-refractivity contribution < 1.29 is 14.0 Å². The van der Waals surface area contributed by atoms with E-state index in [0.29, 0.717) is 31.5 Å². The van der Waals surface area contributed by atoms with Crippen molar-refractivity contribution in [3.8, 4) is 0 Å². The molecule has 2 N–H and O–H groups in total. The van der Waals surface area contributed by atoms with Gasteiger partial charge in [-0.2, -0.15) is 4.98 Å². The lowest BCUT2D eigenvalue weighted by atomic mass is 9.95. The van der Waals surface area contributed by atoms with Crippen molar-refractivity contribution in [1.29, 1.82) is 0 Å². The number of ether oxygens (including phenoxy) is 2. The number of hydrogen-bond acceptors (Lipinski definition) is 6. The van der Waals surface area contributed by atoms with Crippen LogP contribution in [0.15, 0.2) is 4.52 Å². The van der Waals surface area contributed by atoms with Crippen LogP contribution < -0.4 is 5.73 Å². The molecule has 19 heavy (non-hydrogen) atoms. The summed E-state index contributed by atoms with van der Waals surface area (Å²) in [5.74, 6) is 1.44. The van der Waals surface area contributed by atoms with Crippen molar-refractivity contribution in [2.75, 3.05) is 19.8 Å². The van der Waals surface area contributed by atoms with E-state index in [4.69, 9.17) is 19.7 Å². The molecule has 2 fully saturated rings. The first-order chi connectivity index (χ1) is 9.34. The molecule has 3 atom stereocenters. The van der Waals surface area contributed by atoms with Crippen LogP contribution in [0, 0.1) is 0 Å². The number of aromatic nitrogens is 2. The van der Waals surface area contributed by atoms with E-state index in [1.807, 2.05) is 0 Å². The van der Waals surface area contributed by atoms with Crippen LogP contribution in [0.1, 0.15) is 55.8 Å². The van der Waals surface area contributed by atoms with Crippen molar-refractivity contribution in [2.24, 2.45) is 5.73 Å². The van der Waals surface area contributed by atoms with Crippen LogP contribution >= 0.6 is 0 Å². The van der Waals surface area contributed by atoms with E-state index in [1.54, 1.807) is 0 Å². The van der Waals surface area contributed by atoms with E-state index >= 15 is 0 Å². The van der Waals surface area contributed by atoms with Crippen LogP contribution in [0.3, 0.4) is 0 Å². The molecular weight excluding hydrogens is 246 g/mol. The molecule has 0 aromatic carbocycles. The van der Waals surface area contributed by atoms with Crippen molar-refractivity contribution in [2.45, 2.75) is 50.2 Å². The van der Waals surface area contributed by atoms with Crippen LogP contribution in [-0.2, 0) is 9.47 Å². The maximum atomic E-state index is 6.22. The predicted octanol–water partition coefficient (Wildman–Crippen LogP) is 1.53. The van der Waals surface area contributed by atoms with E-state index in [0.717, 1.165) is 12.8 Å². The lowest BCUT2D eigenvalue weighted by Gasteiger charge is -2.20. The number of nitrogens with two attached hydrogens (primary N) is 1. The molecule has 2 aliphatic rings. The van der Waals surface area contributed by atoms with Gasteiger partial charge in [-0.25, -0.2) is 0 Å². The topological polar surface area (TPSA) is 83.4 Å². The second-order valence-corrected chi connectivity index (χ2v) is 5.33. The Morgan fingerprint density at radius 2 is 2.00 bits per heavy atom. The van der Waals surface area contributed by atoms with Crippen molar-refractivity contribution in [1.82, 2.24) is 10.1 Å². The van der Waals surface area contributed by atoms with Crippen LogP contribution in [0.4, 0.5) is 0 Å². The van der Waals surface area contributed by atoms with Gasteiger partial charge in [-0.3, -0.25) is 0 Å². The Morgan fingerprint density at radius 1 is 1.11 bits per heavy atom. The minimum absolute atomic E-state index is 0.124. The first-order valence-electron chi connectivity index (χ1n) is 7.13. The monoisotopic (exact) mass is 267 g/mol. The Morgan fingerprint density at radius 3 is 2.84 bits per heavy atom. The van der Waals surface area contributed by atoms with Crippen LogP contribution in [0.2, 0.25) is 0 Å². The van der Waals surface area contributed by atoms with E-state index in [9.17, 15) is 0 Å². The van der Waals surface area contributed by atoms with Gasteiger partial charge in [0.2, 0.25) is 11.7 Å². The Labute approximate surface area is 112 Å². The lowest BCUT2D eigenvalue weighted by molar-refractivity contribution is -0.0941. The largest absolute Gasteiger partial charge is 0.376 e. The predicted molar refractivity (Wildman–Crippen MR) is 67.6 cm³/mol. The van der Waals surface area contributed by atoms with Crippen molar-refractivity contribution in [3.63, 3.8) is 0 Å². The van der Waals surface area contributed by atoms with Gasteiger partial charge in [-0.1, -0.05) is 24.4 Å². The highest BCUT2D eigenvalue weighted by Gasteiger charge is 2.29. The SMILES string of the molecule is NC1CCCCCC1c1nc(C2COCCO2)no1. The first-order valence-corrected chi connectivity index (χ1v) is 7.13. The standard InChI is InChI=1S/C13H21N3O3/c14-10-5-3-1-2-4-9(10)13-15-12(16-19-13)11-8-17-6-7-18-11/h9-11H,1-8,14H2. The first kappa shape index (κ1) is 13.0. The van der Waals surface area contributed by atoms with Gasteiger partial charge in [0.25, 0.3) is 0 Å². The highest BCUT2D eigenvalue weighted by Crippen LogP contribution is 2.31. The molecule has 1 aliphatic carbocycles. The molecule has 3 rings (SSSR count). The molecule has 0 amide bonds. The molecule has 106 valence electrons. The van der Waals surface area contributed by atoms with Crippen LogP contribution in [0.25, 0.3) is 0 Å². The molecule has 6 heteroatoms. The third-order valence-corrected chi connectivity index (χ3v) is 3.95. The lowest BCUT2D eigenvalue weighted by Crippen LogP contribution is -2.27. The minimum atomic E-state index is -0.201. The van der Waals surface area contributed by atoms with Gasteiger partial charge < -0.3 is 19.7 Å². The molecule has 1 aliphatic heterocycles. The molecule has 1 saturated heterocycles. The average Bonchev–Trinajstić information content (AvgIpc) is 2.83. The molecule has 1 saturated carbocycles. The van der Waals surface area contributed by atoms with E-state index in [1.165, 1.54) is 19.3 Å². The van der Waals surface area contributed by atoms with Crippen molar-refractivity contribution in [3.05, 3.63) is 11.7 Å². The summed E-state index contributed by atoms with van der Waals surface area (Å²) in [6, 6.07) is 0.124. The molecule has 0 spiro atoms. The third-order valence-electron chi connectivity index (χ3n) is 3.95. The van der Waals surface area contributed by atoms with E-state index in [2.05, 4.69) is 10.1 Å². The Balaban J connectivity index is 1.72. The summed E-state index contributed by atoms with van der Waals surface area (Å²) >= 11 is 0. The molecule has 1 aromatic rings. The van der Waals surface area contributed by atoms with Crippen molar-refractivity contribution >= 4 is 0 Å². The summed E-state index contributed by atoms with van der Waals surface area (Å²) in [5.41, 5.74) is 6.22. The maximum Gasteiger partial charge on any atom is 0.231 e. The fraction of sp³-hybridized carbons (Fsp3) is 0.846. The van der Waals surface area contributed by atoms with Gasteiger partial charge in [0.05, 0.1) is 25.7 Å². The second kappa shape index (κ2) is 5.98. The van der Waals surface area contributed by atoms with Crippen LogP contribution in [-0.4, -0.2) is 36.0 Å². The average molecular weight is 267 g/mol. The third kappa shape index (κ3) is 2.96. The summed E-state index contributed by atoms with van der Waals surface area (Å²) in [6.45, 7) is 1.71. The summed E-state index contributed by atoms with van der Waals surface area (Å²) in [5, 5.41) is 4.03. The van der Waals surface area contributed by atoms with E-state index < -0.39 is 0 Å². The smallest absolute Gasteiger partial charge is 0.231 e. The number of nitrogens with zero attached hydrogens (tertiary/aromatic N) is 2. The fourth-order valence-electron chi connectivity index (χ4n) is 2.81. The normalized spacial score (nSPS) is 33.0. The Hall–Kier alpha value is -0.980. The fourth-order valence-corrected chi connectivity index (χ4v) is 2.81. The molecule has 3 unspecified atom stereocenters.